The van der Waals surface area contributed by atoms with Gasteiger partial charge < -0.3 is 4.98 Å². The smallest absolute Gasteiger partial charge is 0.151 e. The van der Waals surface area contributed by atoms with Crippen molar-refractivity contribution in [2.45, 2.75) is 38.1 Å². The molecule has 1 saturated carbocycles. The van der Waals surface area contributed by atoms with E-state index in [2.05, 4.69) is 36.1 Å². The van der Waals surface area contributed by atoms with Crippen molar-refractivity contribution in [3.05, 3.63) is 49.6 Å². The van der Waals surface area contributed by atoms with Crippen LogP contribution in [0.15, 0.2) is 49.6 Å². The van der Waals surface area contributed by atoms with Crippen molar-refractivity contribution in [1.82, 2.24) is 39.3 Å². The number of rotatable bonds is 5. The number of hydrogen-bond donors (Lipinski definition) is 1. The Labute approximate surface area is 183 Å². The Balaban J connectivity index is 1.42. The van der Waals surface area contributed by atoms with Crippen LogP contribution in [0.25, 0.3) is 39.1 Å². The van der Waals surface area contributed by atoms with E-state index in [-0.39, 0.29) is 6.04 Å². The summed E-state index contributed by atoms with van der Waals surface area (Å²) < 4.78 is 3.92. The van der Waals surface area contributed by atoms with Crippen molar-refractivity contribution in [3.8, 4) is 23.1 Å². The van der Waals surface area contributed by atoms with Crippen LogP contribution in [0.4, 0.5) is 0 Å². The average molecular weight is 423 g/mol. The fraction of sp³-hybridized carbons (Fsp3) is 0.304. The monoisotopic (exact) mass is 423 g/mol. The lowest BCUT2D eigenvalue weighted by molar-refractivity contribution is 0.315. The number of hydrogen-bond acceptors (Lipinski definition) is 6. The minimum absolute atomic E-state index is 0.112. The molecule has 0 aromatic carbocycles. The molecule has 0 saturated heterocycles. The van der Waals surface area contributed by atoms with Crippen molar-refractivity contribution < 1.29 is 0 Å². The summed E-state index contributed by atoms with van der Waals surface area (Å²) in [7, 11) is 0. The van der Waals surface area contributed by atoms with Crippen molar-refractivity contribution in [3.63, 3.8) is 0 Å². The number of aromatic nitrogens is 8. The number of aromatic amines is 1. The second-order valence-corrected chi connectivity index (χ2v) is 8.27. The van der Waals surface area contributed by atoms with Gasteiger partial charge in [-0.15, -0.1) is 0 Å². The third-order valence-corrected chi connectivity index (χ3v) is 6.50. The van der Waals surface area contributed by atoms with Crippen LogP contribution in [0.3, 0.4) is 0 Å². The maximum absolute atomic E-state index is 9.37. The van der Waals surface area contributed by atoms with Crippen LogP contribution in [0, 0.1) is 17.2 Å². The van der Waals surface area contributed by atoms with Gasteiger partial charge in [0.1, 0.15) is 23.9 Å². The van der Waals surface area contributed by atoms with Crippen molar-refractivity contribution in [2.75, 3.05) is 0 Å². The highest BCUT2D eigenvalue weighted by atomic mass is 15.3. The summed E-state index contributed by atoms with van der Waals surface area (Å²) >= 11 is 0. The second kappa shape index (κ2) is 7.57. The zero-order valence-electron chi connectivity index (χ0n) is 17.4. The van der Waals surface area contributed by atoms with Crippen LogP contribution in [0.2, 0.25) is 0 Å². The molecule has 5 aromatic heterocycles. The summed E-state index contributed by atoms with van der Waals surface area (Å²) in [5, 5.41) is 15.9. The van der Waals surface area contributed by atoms with Crippen molar-refractivity contribution in [2.24, 2.45) is 5.92 Å². The zero-order valence-corrected chi connectivity index (χ0v) is 17.4. The molecule has 0 radical (unpaired) electrons. The Morgan fingerprint density at radius 1 is 1.09 bits per heavy atom. The summed E-state index contributed by atoms with van der Waals surface area (Å²) in [6.45, 7) is 0. The summed E-state index contributed by atoms with van der Waals surface area (Å²) in [5.74, 6) is 1.28. The Hall–Kier alpha value is -4.06. The fourth-order valence-corrected chi connectivity index (χ4v) is 4.96. The van der Waals surface area contributed by atoms with E-state index in [1.807, 2.05) is 46.2 Å². The standard InChI is InChI=1S/C23H21N9/c24-8-5-19(15-3-1-2-4-15)32-12-16(11-30-32)20-17-7-10-31(22(17)28-13-26-20)23-18-6-9-25-21(18)27-14-29-23/h6-7,9-15,19H,1-5H2,(H,25,27,29)/t19-/m1/s1. The number of nitriles is 1. The Morgan fingerprint density at radius 2 is 1.97 bits per heavy atom. The number of fused-ring (bicyclic) bond motifs is 2. The zero-order chi connectivity index (χ0) is 21.5. The normalized spacial score (nSPS) is 15.5. The van der Waals surface area contributed by atoms with Gasteiger partial charge in [0.25, 0.3) is 0 Å². The van der Waals surface area contributed by atoms with Crippen LogP contribution in [0.1, 0.15) is 38.1 Å². The molecule has 1 aliphatic carbocycles. The molecule has 0 spiro atoms. The summed E-state index contributed by atoms with van der Waals surface area (Å²) in [4.78, 5) is 21.0. The van der Waals surface area contributed by atoms with Gasteiger partial charge in [0, 0.05) is 29.5 Å². The van der Waals surface area contributed by atoms with E-state index in [4.69, 9.17) is 0 Å². The predicted molar refractivity (Wildman–Crippen MR) is 119 cm³/mol. The van der Waals surface area contributed by atoms with E-state index in [0.717, 1.165) is 52.0 Å². The third kappa shape index (κ3) is 2.95. The van der Waals surface area contributed by atoms with Crippen LogP contribution < -0.4 is 0 Å². The highest BCUT2D eigenvalue weighted by Gasteiger charge is 2.27. The fourth-order valence-electron chi connectivity index (χ4n) is 4.96. The molecule has 6 rings (SSSR count). The van der Waals surface area contributed by atoms with Gasteiger partial charge in [0.05, 0.1) is 35.8 Å². The lowest BCUT2D eigenvalue weighted by atomic mass is 9.96. The van der Waals surface area contributed by atoms with Gasteiger partial charge in [0.2, 0.25) is 0 Å². The minimum Gasteiger partial charge on any atom is -0.346 e. The number of nitrogens with one attached hydrogen (secondary N) is 1. The molecular weight excluding hydrogens is 402 g/mol. The lowest BCUT2D eigenvalue weighted by Gasteiger charge is -2.21. The molecule has 1 atom stereocenters. The molecule has 0 aliphatic heterocycles. The molecule has 5 aromatic rings. The molecule has 1 aliphatic rings. The average Bonchev–Trinajstić information content (AvgIpc) is 3.62. The number of H-pyrrole nitrogens is 1. The van der Waals surface area contributed by atoms with E-state index < -0.39 is 0 Å². The molecule has 158 valence electrons. The maximum atomic E-state index is 9.37. The number of nitrogens with zero attached hydrogens (tertiary/aromatic N) is 8. The minimum atomic E-state index is 0.112. The molecule has 0 unspecified atom stereocenters. The first-order chi connectivity index (χ1) is 15.8. The van der Waals surface area contributed by atoms with Crippen LogP contribution >= 0.6 is 0 Å². The van der Waals surface area contributed by atoms with Gasteiger partial charge in [-0.1, -0.05) is 12.8 Å². The van der Waals surface area contributed by atoms with Crippen molar-refractivity contribution in [1.29, 1.82) is 5.26 Å². The lowest BCUT2D eigenvalue weighted by Crippen LogP contribution is -2.17. The molecule has 1 fully saturated rings. The molecule has 32 heavy (non-hydrogen) atoms. The molecule has 5 heterocycles. The second-order valence-electron chi connectivity index (χ2n) is 8.27. The first-order valence-corrected chi connectivity index (χ1v) is 10.9. The Bertz CT molecular complexity index is 1450. The van der Waals surface area contributed by atoms with E-state index >= 15 is 0 Å². The van der Waals surface area contributed by atoms with Gasteiger partial charge in [-0.3, -0.25) is 9.25 Å². The molecule has 0 bridgehead atoms. The predicted octanol–water partition coefficient (Wildman–Crippen LogP) is 4.20. The quantitative estimate of drug-likeness (QED) is 0.453. The van der Waals surface area contributed by atoms with E-state index in [1.165, 1.54) is 12.8 Å². The Morgan fingerprint density at radius 3 is 2.84 bits per heavy atom. The molecule has 1 N–H and O–H groups in total. The highest BCUT2D eigenvalue weighted by molar-refractivity contribution is 5.93. The van der Waals surface area contributed by atoms with Gasteiger partial charge in [-0.05, 0) is 30.9 Å². The molecular formula is C23H21N9. The first-order valence-electron chi connectivity index (χ1n) is 10.9. The maximum Gasteiger partial charge on any atom is 0.151 e. The summed E-state index contributed by atoms with van der Waals surface area (Å²) in [6.07, 6.45) is 16.1. The van der Waals surface area contributed by atoms with Crippen LogP contribution in [-0.2, 0) is 0 Å². The highest BCUT2D eigenvalue weighted by Crippen LogP contribution is 2.37. The van der Waals surface area contributed by atoms with Gasteiger partial charge in [-0.2, -0.15) is 10.4 Å². The molecule has 9 heteroatoms. The van der Waals surface area contributed by atoms with Crippen LogP contribution in [0.5, 0.6) is 0 Å². The summed E-state index contributed by atoms with van der Waals surface area (Å²) in [5.41, 5.74) is 3.29. The Kier molecular flexibility index (Phi) is 4.42. The molecule has 0 amide bonds. The van der Waals surface area contributed by atoms with Crippen LogP contribution in [-0.4, -0.2) is 39.3 Å². The van der Waals surface area contributed by atoms with E-state index in [0.29, 0.717) is 12.3 Å². The SMILES string of the molecule is N#CC[C@H](C1CCCC1)n1cc(-c2ncnc3c2ccn3-c2ncnc3[nH]ccc23)cn1. The van der Waals surface area contributed by atoms with Gasteiger partial charge in [-0.25, -0.2) is 19.9 Å². The molecule has 9 nitrogen and oxygen atoms in total. The van der Waals surface area contributed by atoms with E-state index in [1.54, 1.807) is 12.7 Å². The van der Waals surface area contributed by atoms with Gasteiger partial charge in [0.15, 0.2) is 5.82 Å². The van der Waals surface area contributed by atoms with Crippen molar-refractivity contribution >= 4 is 22.1 Å². The third-order valence-electron chi connectivity index (χ3n) is 6.50. The largest absolute Gasteiger partial charge is 0.346 e. The summed E-state index contributed by atoms with van der Waals surface area (Å²) in [6, 6.07) is 6.43. The van der Waals surface area contributed by atoms with E-state index in [9.17, 15) is 5.26 Å². The first kappa shape index (κ1) is 18.7. The van der Waals surface area contributed by atoms with Gasteiger partial charge >= 0.3 is 0 Å². The topological polar surface area (TPSA) is 114 Å².